The van der Waals surface area contributed by atoms with Crippen LogP contribution < -0.4 is 5.73 Å². The van der Waals surface area contributed by atoms with Gasteiger partial charge in [-0.15, -0.1) is 0 Å². The molecule has 1 unspecified atom stereocenters. The van der Waals surface area contributed by atoms with Gasteiger partial charge < -0.3 is 20.1 Å². The second-order valence-electron chi connectivity index (χ2n) is 8.57. The number of phosphoric acid groups is 1. The van der Waals surface area contributed by atoms with Gasteiger partial charge in [-0.05, 0) is 12.8 Å². The largest absolute Gasteiger partial charge is 0.472 e. The van der Waals surface area contributed by atoms with Crippen LogP contribution in [-0.2, 0) is 32.7 Å². The van der Waals surface area contributed by atoms with Gasteiger partial charge in [0, 0.05) is 19.4 Å². The summed E-state index contributed by atoms with van der Waals surface area (Å²) in [6.07, 6.45) is 13.7. The number of hydrogen-bond donors (Lipinski definition) is 2. The molecule has 0 aliphatic rings. The minimum absolute atomic E-state index is 0.0559. The van der Waals surface area contributed by atoms with Crippen LogP contribution in [0.3, 0.4) is 0 Å². The first-order chi connectivity index (χ1) is 16.3. The number of nitrogens with two attached hydrogens (primary N) is 1. The van der Waals surface area contributed by atoms with E-state index in [4.69, 9.17) is 19.7 Å². The van der Waals surface area contributed by atoms with E-state index in [1.165, 1.54) is 44.9 Å². The summed E-state index contributed by atoms with van der Waals surface area (Å²) < 4.78 is 31.9. The smallest absolute Gasteiger partial charge is 0.462 e. The monoisotopic (exact) mass is 509 g/mol. The number of carbonyl (C=O) groups excluding carboxylic acids is 2. The van der Waals surface area contributed by atoms with E-state index in [0.29, 0.717) is 6.42 Å². The van der Waals surface area contributed by atoms with Crippen molar-refractivity contribution in [1.82, 2.24) is 0 Å². The summed E-state index contributed by atoms with van der Waals surface area (Å²) in [5, 5.41) is 0. The fourth-order valence-electron chi connectivity index (χ4n) is 3.28. The Morgan fingerprint density at radius 1 is 0.765 bits per heavy atom. The Kier molecular flexibility index (Phi) is 21.8. The second-order valence-corrected chi connectivity index (χ2v) is 10.0. The molecule has 0 aromatic rings. The lowest BCUT2D eigenvalue weighted by molar-refractivity contribution is -0.161. The zero-order valence-corrected chi connectivity index (χ0v) is 22.2. The summed E-state index contributed by atoms with van der Waals surface area (Å²) in [5.74, 6) is -0.860. The first kappa shape index (κ1) is 33.0. The lowest BCUT2D eigenvalue weighted by Crippen LogP contribution is -2.29. The number of ether oxygens (including phenoxy) is 2. The molecule has 0 heterocycles. The van der Waals surface area contributed by atoms with Crippen molar-refractivity contribution >= 4 is 19.8 Å². The van der Waals surface area contributed by atoms with Crippen molar-refractivity contribution in [2.45, 2.75) is 116 Å². The van der Waals surface area contributed by atoms with Crippen LogP contribution in [0.2, 0.25) is 0 Å². The Hall–Kier alpha value is -0.990. The van der Waals surface area contributed by atoms with Gasteiger partial charge >= 0.3 is 19.8 Å². The Morgan fingerprint density at radius 2 is 1.26 bits per heavy atom. The highest BCUT2D eigenvalue weighted by molar-refractivity contribution is 7.47. The van der Waals surface area contributed by atoms with Crippen molar-refractivity contribution in [3.63, 3.8) is 0 Å². The zero-order valence-electron chi connectivity index (χ0n) is 21.3. The standard InChI is InChI=1S/C24H48NO8P/c1-3-5-7-8-9-10-11-12-13-15-16-23(26)30-20-22(33-24(27)17-14-6-4-2)21-32-34(28,29)31-19-18-25/h22H,3-21,25H2,1-2H3,(H,28,29)/t22-/m1/s1. The fourth-order valence-corrected chi connectivity index (χ4v) is 4.04. The Morgan fingerprint density at radius 3 is 1.85 bits per heavy atom. The maximum absolute atomic E-state index is 12.1. The van der Waals surface area contributed by atoms with E-state index in [1.807, 2.05) is 6.92 Å². The van der Waals surface area contributed by atoms with Gasteiger partial charge in [-0.2, -0.15) is 0 Å². The highest BCUT2D eigenvalue weighted by Gasteiger charge is 2.25. The molecule has 202 valence electrons. The summed E-state index contributed by atoms with van der Waals surface area (Å²) in [6.45, 7) is 3.48. The molecule has 0 aliphatic heterocycles. The van der Waals surface area contributed by atoms with E-state index in [2.05, 4.69) is 11.4 Å². The van der Waals surface area contributed by atoms with Crippen LogP contribution in [0.1, 0.15) is 110 Å². The van der Waals surface area contributed by atoms with Crippen LogP contribution in [0.4, 0.5) is 0 Å². The van der Waals surface area contributed by atoms with Gasteiger partial charge in [-0.1, -0.05) is 84.5 Å². The van der Waals surface area contributed by atoms with Crippen molar-refractivity contribution in [3.05, 3.63) is 0 Å². The van der Waals surface area contributed by atoms with Crippen LogP contribution in [-0.4, -0.2) is 49.3 Å². The highest BCUT2D eigenvalue weighted by Crippen LogP contribution is 2.43. The van der Waals surface area contributed by atoms with Gasteiger partial charge in [0.1, 0.15) is 6.61 Å². The zero-order chi connectivity index (χ0) is 25.5. The normalized spacial score (nSPS) is 13.9. The van der Waals surface area contributed by atoms with Crippen molar-refractivity contribution in [2.75, 3.05) is 26.4 Å². The number of esters is 2. The van der Waals surface area contributed by atoms with Crippen LogP contribution in [0.5, 0.6) is 0 Å². The topological polar surface area (TPSA) is 134 Å². The number of carbonyl (C=O) groups is 2. The van der Waals surface area contributed by atoms with Crippen molar-refractivity contribution in [2.24, 2.45) is 5.73 Å². The minimum Gasteiger partial charge on any atom is -0.462 e. The minimum atomic E-state index is -4.33. The highest BCUT2D eigenvalue weighted by atomic mass is 31.2. The molecule has 0 saturated heterocycles. The van der Waals surface area contributed by atoms with E-state index in [0.717, 1.165) is 32.1 Å². The predicted molar refractivity (Wildman–Crippen MR) is 132 cm³/mol. The van der Waals surface area contributed by atoms with Crippen LogP contribution in [0, 0.1) is 0 Å². The van der Waals surface area contributed by atoms with Gasteiger partial charge in [0.05, 0.1) is 13.2 Å². The number of unbranched alkanes of at least 4 members (excludes halogenated alkanes) is 11. The molecule has 9 nitrogen and oxygen atoms in total. The Labute approximate surface area is 206 Å². The van der Waals surface area contributed by atoms with E-state index in [1.54, 1.807) is 0 Å². The summed E-state index contributed by atoms with van der Waals surface area (Å²) >= 11 is 0. The lowest BCUT2D eigenvalue weighted by Gasteiger charge is -2.19. The van der Waals surface area contributed by atoms with Crippen molar-refractivity contribution in [1.29, 1.82) is 0 Å². The molecule has 0 aromatic carbocycles. The van der Waals surface area contributed by atoms with Crippen LogP contribution in [0.15, 0.2) is 0 Å². The molecular formula is C24H48NO8P. The molecule has 3 N–H and O–H groups in total. The Balaban J connectivity index is 4.25. The molecule has 0 saturated carbocycles. The molecular weight excluding hydrogens is 461 g/mol. The van der Waals surface area contributed by atoms with Gasteiger partial charge in [-0.3, -0.25) is 18.6 Å². The number of hydrogen-bond acceptors (Lipinski definition) is 8. The lowest BCUT2D eigenvalue weighted by atomic mass is 10.1. The van der Waals surface area contributed by atoms with E-state index in [-0.39, 0.29) is 32.6 Å². The maximum atomic E-state index is 12.1. The first-order valence-corrected chi connectivity index (χ1v) is 14.5. The molecule has 0 amide bonds. The van der Waals surface area contributed by atoms with Crippen LogP contribution >= 0.6 is 7.82 Å². The van der Waals surface area contributed by atoms with Crippen LogP contribution in [0.25, 0.3) is 0 Å². The van der Waals surface area contributed by atoms with E-state index >= 15 is 0 Å². The molecule has 0 aliphatic carbocycles. The summed E-state index contributed by atoms with van der Waals surface area (Å²) in [6, 6.07) is 0. The van der Waals surface area contributed by atoms with Crippen molar-refractivity contribution in [3.8, 4) is 0 Å². The third-order valence-corrected chi connectivity index (χ3v) is 6.23. The number of rotatable bonds is 24. The third-order valence-electron chi connectivity index (χ3n) is 5.24. The van der Waals surface area contributed by atoms with Gasteiger partial charge in [-0.25, -0.2) is 4.57 Å². The molecule has 0 bridgehead atoms. The maximum Gasteiger partial charge on any atom is 0.472 e. The average Bonchev–Trinajstić information content (AvgIpc) is 2.81. The molecule has 0 fully saturated rings. The Bertz CT molecular complexity index is 561. The van der Waals surface area contributed by atoms with Crippen molar-refractivity contribution < 1.29 is 37.6 Å². The summed E-state index contributed by atoms with van der Waals surface area (Å²) in [4.78, 5) is 33.8. The SMILES string of the molecule is CCCCCCCCCCCCC(=O)OC[C@H](COP(=O)(O)OCCN)OC(=O)CCCCC. The molecule has 0 radical (unpaired) electrons. The summed E-state index contributed by atoms with van der Waals surface area (Å²) in [7, 11) is -4.33. The molecule has 34 heavy (non-hydrogen) atoms. The molecule has 10 heteroatoms. The van der Waals surface area contributed by atoms with E-state index < -0.39 is 32.5 Å². The first-order valence-electron chi connectivity index (χ1n) is 13.0. The van der Waals surface area contributed by atoms with Gasteiger partial charge in [0.2, 0.25) is 0 Å². The predicted octanol–water partition coefficient (Wildman–Crippen LogP) is 5.43. The van der Waals surface area contributed by atoms with Gasteiger partial charge in [0.15, 0.2) is 6.10 Å². The second kappa shape index (κ2) is 22.5. The molecule has 0 rings (SSSR count). The fraction of sp³-hybridized carbons (Fsp3) is 0.917. The summed E-state index contributed by atoms with van der Waals surface area (Å²) in [5.41, 5.74) is 5.25. The molecule has 0 aromatic heterocycles. The molecule has 2 atom stereocenters. The quantitative estimate of drug-likeness (QED) is 0.0992. The average molecular weight is 510 g/mol. The van der Waals surface area contributed by atoms with Gasteiger partial charge in [0.25, 0.3) is 0 Å². The van der Waals surface area contributed by atoms with E-state index in [9.17, 15) is 19.0 Å². The third kappa shape index (κ3) is 21.5. The number of phosphoric ester groups is 1. The molecule has 0 spiro atoms.